The normalized spacial score (nSPS) is 19.7. The van der Waals surface area contributed by atoms with Crippen LogP contribution in [0, 0.1) is 0 Å². The number of carbonyl (C=O) groups excluding carboxylic acids is 3. The summed E-state index contributed by atoms with van der Waals surface area (Å²) < 4.78 is 10.5. The number of nitrogens with zero attached hydrogens (tertiary/aromatic N) is 4. The van der Waals surface area contributed by atoms with Crippen molar-refractivity contribution < 1.29 is 23.9 Å². The highest BCUT2D eigenvalue weighted by atomic mass is 35.5. The Morgan fingerprint density at radius 3 is 2.47 bits per heavy atom. The summed E-state index contributed by atoms with van der Waals surface area (Å²) in [5.74, 6) is -0.527. The van der Waals surface area contributed by atoms with Crippen LogP contribution < -0.4 is 0 Å². The Labute approximate surface area is 219 Å². The van der Waals surface area contributed by atoms with Crippen molar-refractivity contribution in [2.24, 2.45) is 4.99 Å². The van der Waals surface area contributed by atoms with Crippen LogP contribution in [0.15, 0.2) is 51.6 Å². The van der Waals surface area contributed by atoms with Crippen molar-refractivity contribution in [1.29, 1.82) is 0 Å². The van der Waals surface area contributed by atoms with E-state index in [0.717, 1.165) is 11.3 Å². The molecule has 0 N–H and O–H groups in total. The van der Waals surface area contributed by atoms with Crippen molar-refractivity contribution in [1.82, 2.24) is 14.7 Å². The standard InChI is InChI=1S/C25H29ClN4O5S/c1-16-22(24(33)35-13-12-34-3)23(19-6-4-5-7-20(19)26)30-18(15-36-25(30)27-16)14-21(32)29-10-8-28(9-11-29)17(2)31/h4-7,15,23H,8-14H2,1-3H3/t23-/m1/s1. The van der Waals surface area contributed by atoms with Gasteiger partial charge in [0.2, 0.25) is 11.8 Å². The molecule has 3 aliphatic heterocycles. The second-order valence-electron chi connectivity index (χ2n) is 8.61. The van der Waals surface area contributed by atoms with Gasteiger partial charge in [-0.2, -0.15) is 0 Å². The molecule has 4 rings (SSSR count). The van der Waals surface area contributed by atoms with E-state index in [-0.39, 0.29) is 31.4 Å². The number of methoxy groups -OCH3 is 1. The highest BCUT2D eigenvalue weighted by molar-refractivity contribution is 8.16. The first kappa shape index (κ1) is 26.2. The van der Waals surface area contributed by atoms with Crippen molar-refractivity contribution in [3.8, 4) is 0 Å². The Kier molecular flexibility index (Phi) is 8.38. The van der Waals surface area contributed by atoms with Gasteiger partial charge in [0.1, 0.15) is 6.61 Å². The van der Waals surface area contributed by atoms with Crippen molar-refractivity contribution in [2.45, 2.75) is 26.3 Å². The number of ether oxygens (including phenoxy) is 2. The molecule has 3 heterocycles. The van der Waals surface area contributed by atoms with Crippen LogP contribution in [0.2, 0.25) is 5.02 Å². The number of halogens is 1. The fourth-order valence-electron chi connectivity index (χ4n) is 4.45. The number of piperazine rings is 1. The van der Waals surface area contributed by atoms with E-state index in [0.29, 0.717) is 47.6 Å². The third kappa shape index (κ3) is 5.45. The first-order valence-corrected chi connectivity index (χ1v) is 13.0. The number of esters is 1. The van der Waals surface area contributed by atoms with Crippen LogP contribution in [-0.2, 0) is 23.9 Å². The van der Waals surface area contributed by atoms with Gasteiger partial charge in [-0.05, 0) is 24.0 Å². The SMILES string of the molecule is COCCOC(=O)C1=C(C)N=C2SC=C(CC(=O)N3CCN(C(C)=O)CC3)N2[C@@H]1c1ccccc1Cl. The van der Waals surface area contributed by atoms with Crippen molar-refractivity contribution >= 4 is 46.3 Å². The molecule has 0 aromatic heterocycles. The molecule has 0 saturated carbocycles. The van der Waals surface area contributed by atoms with Gasteiger partial charge in [0, 0.05) is 50.9 Å². The zero-order chi connectivity index (χ0) is 25.8. The summed E-state index contributed by atoms with van der Waals surface area (Å²) in [4.78, 5) is 48.2. The molecule has 36 heavy (non-hydrogen) atoms. The van der Waals surface area contributed by atoms with Gasteiger partial charge in [-0.3, -0.25) is 9.59 Å². The van der Waals surface area contributed by atoms with Gasteiger partial charge >= 0.3 is 5.97 Å². The van der Waals surface area contributed by atoms with E-state index < -0.39 is 12.0 Å². The first-order valence-electron chi connectivity index (χ1n) is 11.7. The second kappa shape index (κ2) is 11.5. The zero-order valence-electron chi connectivity index (χ0n) is 20.5. The maximum Gasteiger partial charge on any atom is 0.338 e. The summed E-state index contributed by atoms with van der Waals surface area (Å²) in [5, 5.41) is 3.08. The van der Waals surface area contributed by atoms with Gasteiger partial charge in [0.05, 0.1) is 30.3 Å². The van der Waals surface area contributed by atoms with Crippen LogP contribution in [0.1, 0.15) is 31.9 Å². The van der Waals surface area contributed by atoms with Gasteiger partial charge in [0.25, 0.3) is 0 Å². The molecule has 9 nitrogen and oxygen atoms in total. The minimum atomic E-state index is -0.593. The number of aliphatic imine (C=N–C) groups is 1. The number of hydrogen-bond donors (Lipinski definition) is 0. The Hall–Kier alpha value is -2.82. The van der Waals surface area contributed by atoms with Gasteiger partial charge < -0.3 is 24.2 Å². The minimum absolute atomic E-state index is 0.0147. The summed E-state index contributed by atoms with van der Waals surface area (Å²) in [6.45, 7) is 5.73. The Balaban J connectivity index is 1.61. The summed E-state index contributed by atoms with van der Waals surface area (Å²) in [7, 11) is 1.54. The molecule has 2 amide bonds. The highest BCUT2D eigenvalue weighted by Crippen LogP contribution is 2.46. The lowest BCUT2D eigenvalue weighted by Crippen LogP contribution is -2.50. The number of fused-ring (bicyclic) bond motifs is 1. The number of amidine groups is 1. The molecule has 3 aliphatic rings. The maximum absolute atomic E-state index is 13.2. The van der Waals surface area contributed by atoms with Crippen LogP contribution in [0.4, 0.5) is 0 Å². The molecule has 0 bridgehead atoms. The van der Waals surface area contributed by atoms with Crippen LogP contribution in [0.3, 0.4) is 0 Å². The Bertz CT molecular complexity index is 1140. The number of thioether (sulfide) groups is 1. The van der Waals surface area contributed by atoms with E-state index in [4.69, 9.17) is 21.1 Å². The van der Waals surface area contributed by atoms with Gasteiger partial charge in [0.15, 0.2) is 5.17 Å². The van der Waals surface area contributed by atoms with E-state index in [1.54, 1.807) is 22.8 Å². The molecule has 0 spiro atoms. The Morgan fingerprint density at radius 2 is 1.81 bits per heavy atom. The molecule has 192 valence electrons. The van der Waals surface area contributed by atoms with E-state index >= 15 is 0 Å². The van der Waals surface area contributed by atoms with Crippen LogP contribution in [-0.4, -0.2) is 84.2 Å². The number of rotatable bonds is 7. The average molecular weight is 533 g/mol. The largest absolute Gasteiger partial charge is 0.460 e. The lowest BCUT2D eigenvalue weighted by atomic mass is 9.93. The minimum Gasteiger partial charge on any atom is -0.460 e. The molecule has 0 radical (unpaired) electrons. The first-order chi connectivity index (χ1) is 17.3. The fourth-order valence-corrected chi connectivity index (χ4v) is 5.66. The van der Waals surface area contributed by atoms with E-state index in [1.807, 2.05) is 28.5 Å². The highest BCUT2D eigenvalue weighted by Gasteiger charge is 2.42. The van der Waals surface area contributed by atoms with Crippen molar-refractivity contribution in [3.05, 3.63) is 57.2 Å². The van der Waals surface area contributed by atoms with Crippen LogP contribution in [0.5, 0.6) is 0 Å². The Morgan fingerprint density at radius 1 is 1.11 bits per heavy atom. The second-order valence-corrected chi connectivity index (χ2v) is 9.85. The molecule has 1 atom stereocenters. The van der Waals surface area contributed by atoms with E-state index in [2.05, 4.69) is 4.99 Å². The molecular weight excluding hydrogens is 504 g/mol. The molecule has 11 heteroatoms. The van der Waals surface area contributed by atoms with Gasteiger partial charge in [-0.1, -0.05) is 41.6 Å². The molecule has 0 aliphatic carbocycles. The quantitative estimate of drug-likeness (QED) is 0.393. The lowest BCUT2D eigenvalue weighted by molar-refractivity contribution is -0.141. The summed E-state index contributed by atoms with van der Waals surface area (Å²) >= 11 is 8.02. The zero-order valence-corrected chi connectivity index (χ0v) is 22.1. The smallest absolute Gasteiger partial charge is 0.338 e. The fraction of sp³-hybridized carbons (Fsp3) is 0.440. The summed E-state index contributed by atoms with van der Waals surface area (Å²) in [6, 6.07) is 6.75. The van der Waals surface area contributed by atoms with Gasteiger partial charge in [-0.25, -0.2) is 9.79 Å². The van der Waals surface area contributed by atoms with Crippen molar-refractivity contribution in [2.75, 3.05) is 46.5 Å². The predicted molar refractivity (Wildman–Crippen MR) is 138 cm³/mol. The maximum atomic E-state index is 13.2. The summed E-state index contributed by atoms with van der Waals surface area (Å²) in [5.41, 5.74) is 2.37. The molecule has 1 aromatic rings. The number of carbonyl (C=O) groups is 3. The molecular formula is C25H29ClN4O5S. The van der Waals surface area contributed by atoms with E-state index in [1.165, 1.54) is 25.8 Å². The molecule has 1 saturated heterocycles. The van der Waals surface area contributed by atoms with Gasteiger partial charge in [-0.15, -0.1) is 0 Å². The monoisotopic (exact) mass is 532 g/mol. The van der Waals surface area contributed by atoms with Crippen LogP contribution >= 0.6 is 23.4 Å². The summed E-state index contributed by atoms with van der Waals surface area (Å²) in [6.07, 6.45) is 0.137. The number of allylic oxidation sites excluding steroid dienone is 1. The topological polar surface area (TPSA) is 91.7 Å². The number of benzene rings is 1. The molecule has 1 aromatic carbocycles. The van der Waals surface area contributed by atoms with Crippen LogP contribution in [0.25, 0.3) is 0 Å². The molecule has 1 fully saturated rings. The number of hydrogen-bond acceptors (Lipinski definition) is 8. The molecule has 0 unspecified atom stereocenters. The van der Waals surface area contributed by atoms with Crippen molar-refractivity contribution in [3.63, 3.8) is 0 Å². The predicted octanol–water partition coefficient (Wildman–Crippen LogP) is 3.19. The lowest BCUT2D eigenvalue weighted by Gasteiger charge is -2.38. The number of amides is 2. The average Bonchev–Trinajstić information content (AvgIpc) is 3.25. The third-order valence-corrected chi connectivity index (χ3v) is 7.58. The van der Waals surface area contributed by atoms with E-state index in [9.17, 15) is 14.4 Å². The third-order valence-electron chi connectivity index (χ3n) is 6.35.